The first-order chi connectivity index (χ1) is 15.4. The Morgan fingerprint density at radius 2 is 1.69 bits per heavy atom. The van der Waals surface area contributed by atoms with Crippen molar-refractivity contribution in [2.45, 2.75) is 26.4 Å². The van der Waals surface area contributed by atoms with Crippen LogP contribution in [0.3, 0.4) is 0 Å². The Balaban J connectivity index is 1.56. The molecule has 0 aliphatic heterocycles. The molecule has 3 aromatic rings. The third-order valence-corrected chi connectivity index (χ3v) is 6.07. The molecule has 5 nitrogen and oxygen atoms in total. The van der Waals surface area contributed by atoms with E-state index in [1.807, 2.05) is 55.6 Å². The second kappa shape index (κ2) is 11.5. The first-order valence-corrected chi connectivity index (χ1v) is 11.5. The maximum Gasteiger partial charge on any atom is 0.234 e. The topological polar surface area (TPSA) is 61.4 Å². The van der Waals surface area contributed by atoms with E-state index >= 15 is 0 Å². The highest BCUT2D eigenvalue weighted by atomic mass is 32.1. The average molecular weight is 454 g/mol. The van der Waals surface area contributed by atoms with Crippen LogP contribution in [-0.2, 0) is 16.1 Å². The van der Waals surface area contributed by atoms with Gasteiger partial charge in [-0.3, -0.25) is 14.5 Å². The molecule has 0 fully saturated rings. The van der Waals surface area contributed by atoms with E-state index in [4.69, 9.17) is 0 Å². The number of halogens is 1. The fourth-order valence-corrected chi connectivity index (χ4v) is 4.09. The minimum absolute atomic E-state index is 0.110. The normalized spacial score (nSPS) is 11.9. The lowest BCUT2D eigenvalue weighted by Gasteiger charge is -2.23. The fourth-order valence-electron chi connectivity index (χ4n) is 3.28. The highest BCUT2D eigenvalue weighted by Gasteiger charge is 2.20. The minimum Gasteiger partial charge on any atom is -0.351 e. The smallest absolute Gasteiger partial charge is 0.234 e. The van der Waals surface area contributed by atoms with Gasteiger partial charge in [0.15, 0.2) is 0 Å². The van der Waals surface area contributed by atoms with Gasteiger partial charge in [-0.25, -0.2) is 4.39 Å². The van der Waals surface area contributed by atoms with Crippen molar-refractivity contribution in [2.24, 2.45) is 0 Å². The first-order valence-electron chi connectivity index (χ1n) is 10.6. The third-order valence-electron chi connectivity index (χ3n) is 5.13. The van der Waals surface area contributed by atoms with E-state index in [1.54, 1.807) is 28.4 Å². The van der Waals surface area contributed by atoms with Gasteiger partial charge < -0.3 is 10.6 Å². The van der Waals surface area contributed by atoms with Crippen LogP contribution < -0.4 is 10.6 Å². The van der Waals surface area contributed by atoms with Crippen molar-refractivity contribution in [3.05, 3.63) is 93.4 Å². The third kappa shape index (κ3) is 7.00. The van der Waals surface area contributed by atoms with Crippen LogP contribution >= 0.6 is 11.3 Å². The van der Waals surface area contributed by atoms with E-state index in [-0.39, 0.29) is 36.8 Å². The van der Waals surface area contributed by atoms with Crippen molar-refractivity contribution in [1.82, 2.24) is 15.5 Å². The van der Waals surface area contributed by atoms with Gasteiger partial charge in [0.05, 0.1) is 19.1 Å². The van der Waals surface area contributed by atoms with Gasteiger partial charge in [0.25, 0.3) is 0 Å². The van der Waals surface area contributed by atoms with Crippen molar-refractivity contribution in [1.29, 1.82) is 0 Å². The van der Waals surface area contributed by atoms with Gasteiger partial charge in [-0.1, -0.05) is 55.0 Å². The molecule has 2 amide bonds. The first kappa shape index (κ1) is 23.6. The Bertz CT molecular complexity index is 1000. The number of nitrogens with zero attached hydrogens (tertiary/aromatic N) is 1. The number of likely N-dealkylation sites (N-methyl/N-ethyl adjacent to an activating group) is 1. The van der Waals surface area contributed by atoms with Gasteiger partial charge in [-0.05, 0) is 48.2 Å². The van der Waals surface area contributed by atoms with E-state index in [1.165, 1.54) is 12.1 Å². The molecule has 2 N–H and O–H groups in total. The van der Waals surface area contributed by atoms with Gasteiger partial charge in [0, 0.05) is 11.4 Å². The van der Waals surface area contributed by atoms with Crippen molar-refractivity contribution in [3.63, 3.8) is 0 Å². The summed E-state index contributed by atoms with van der Waals surface area (Å²) < 4.78 is 13.0. The lowest BCUT2D eigenvalue weighted by molar-refractivity contribution is -0.125. The Morgan fingerprint density at radius 3 is 2.31 bits per heavy atom. The number of benzene rings is 2. The number of amides is 2. The Morgan fingerprint density at radius 1 is 1.00 bits per heavy atom. The van der Waals surface area contributed by atoms with E-state index in [9.17, 15) is 14.0 Å². The summed E-state index contributed by atoms with van der Waals surface area (Å²) >= 11 is 1.60. The Kier molecular flexibility index (Phi) is 8.53. The minimum atomic E-state index is -0.310. The number of hydrogen-bond acceptors (Lipinski definition) is 4. The molecule has 1 heterocycles. The molecular formula is C25H28FN3O2S. The summed E-state index contributed by atoms with van der Waals surface area (Å²) in [6.45, 7) is 5.05. The molecule has 1 unspecified atom stereocenters. The number of nitrogens with one attached hydrogen (secondary N) is 2. The number of carbonyl (C=O) groups excluding carboxylic acids is 2. The number of thiophene rings is 1. The molecule has 3 rings (SSSR count). The molecule has 1 atom stereocenters. The number of hydrogen-bond donors (Lipinski definition) is 2. The molecule has 0 aliphatic carbocycles. The predicted molar refractivity (Wildman–Crippen MR) is 126 cm³/mol. The molecule has 1 aromatic heterocycles. The summed E-state index contributed by atoms with van der Waals surface area (Å²) in [5.41, 5.74) is 3.00. The predicted octanol–water partition coefficient (Wildman–Crippen LogP) is 4.04. The van der Waals surface area contributed by atoms with Crippen LogP contribution in [0.25, 0.3) is 0 Å². The molecule has 0 saturated carbocycles. The number of carbonyl (C=O) groups is 2. The van der Waals surface area contributed by atoms with E-state index < -0.39 is 0 Å². The van der Waals surface area contributed by atoms with Gasteiger partial charge in [0.2, 0.25) is 11.8 Å². The Labute approximate surface area is 192 Å². The molecule has 0 spiro atoms. The van der Waals surface area contributed by atoms with Crippen LogP contribution in [0, 0.1) is 12.7 Å². The summed E-state index contributed by atoms with van der Waals surface area (Å²) in [5.74, 6) is -0.635. The molecule has 0 saturated heterocycles. The van der Waals surface area contributed by atoms with Gasteiger partial charge in [-0.2, -0.15) is 0 Å². The summed E-state index contributed by atoms with van der Waals surface area (Å²) in [4.78, 5) is 28.0. The molecular weight excluding hydrogens is 425 g/mol. The van der Waals surface area contributed by atoms with Crippen LogP contribution in [0.2, 0.25) is 0 Å². The molecule has 168 valence electrons. The highest BCUT2D eigenvalue weighted by Crippen LogP contribution is 2.26. The number of aryl methyl sites for hydroxylation is 1. The number of rotatable bonds is 10. The zero-order chi connectivity index (χ0) is 22.9. The van der Waals surface area contributed by atoms with Crippen LogP contribution in [0.15, 0.2) is 66.0 Å². The maximum atomic E-state index is 13.0. The monoisotopic (exact) mass is 453 g/mol. The van der Waals surface area contributed by atoms with Crippen molar-refractivity contribution >= 4 is 23.2 Å². The molecule has 7 heteroatoms. The lowest BCUT2D eigenvalue weighted by atomic mass is 10.0. The highest BCUT2D eigenvalue weighted by molar-refractivity contribution is 7.10. The lowest BCUT2D eigenvalue weighted by Crippen LogP contribution is -2.43. The second-order valence-electron chi connectivity index (χ2n) is 7.63. The van der Waals surface area contributed by atoms with Crippen LogP contribution in [0.5, 0.6) is 0 Å². The largest absolute Gasteiger partial charge is 0.351 e. The standard InChI is InChI=1S/C25H28FN3O2S/c1-3-29(16-23(30)27-15-19-8-12-21(26)13-9-19)17-24(31)28-25(22-5-4-14-32-22)20-10-6-18(2)7-11-20/h4-14,25H,3,15-17H2,1-2H3,(H,27,30)(H,28,31). The van der Waals surface area contributed by atoms with Gasteiger partial charge >= 0.3 is 0 Å². The molecule has 2 aromatic carbocycles. The quantitative estimate of drug-likeness (QED) is 0.487. The summed E-state index contributed by atoms with van der Waals surface area (Å²) in [6, 6.07) is 17.9. The Hall–Kier alpha value is -3.03. The molecule has 32 heavy (non-hydrogen) atoms. The van der Waals surface area contributed by atoms with Crippen LogP contribution in [0.1, 0.15) is 34.5 Å². The van der Waals surface area contributed by atoms with Crippen molar-refractivity contribution in [3.8, 4) is 0 Å². The SMILES string of the molecule is CCN(CC(=O)NCc1ccc(F)cc1)CC(=O)NC(c1ccc(C)cc1)c1cccs1. The fraction of sp³-hybridized carbons (Fsp3) is 0.280. The van der Waals surface area contributed by atoms with Crippen LogP contribution in [-0.4, -0.2) is 36.3 Å². The van der Waals surface area contributed by atoms with E-state index in [0.29, 0.717) is 13.1 Å². The van der Waals surface area contributed by atoms with E-state index in [2.05, 4.69) is 10.6 Å². The summed E-state index contributed by atoms with van der Waals surface area (Å²) in [7, 11) is 0. The molecule has 0 bridgehead atoms. The van der Waals surface area contributed by atoms with E-state index in [0.717, 1.165) is 21.6 Å². The van der Waals surface area contributed by atoms with Gasteiger partial charge in [0.1, 0.15) is 5.82 Å². The van der Waals surface area contributed by atoms with Crippen molar-refractivity contribution in [2.75, 3.05) is 19.6 Å². The zero-order valence-electron chi connectivity index (χ0n) is 18.3. The molecule has 0 aliphatic rings. The molecule has 0 radical (unpaired) electrons. The van der Waals surface area contributed by atoms with Gasteiger partial charge in [-0.15, -0.1) is 11.3 Å². The maximum absolute atomic E-state index is 13.0. The van der Waals surface area contributed by atoms with Crippen molar-refractivity contribution < 1.29 is 14.0 Å². The van der Waals surface area contributed by atoms with Crippen LogP contribution in [0.4, 0.5) is 4.39 Å². The zero-order valence-corrected chi connectivity index (χ0v) is 19.1. The summed E-state index contributed by atoms with van der Waals surface area (Å²) in [5, 5.41) is 7.93. The second-order valence-corrected chi connectivity index (χ2v) is 8.61. The average Bonchev–Trinajstić information content (AvgIpc) is 3.32. The summed E-state index contributed by atoms with van der Waals surface area (Å²) in [6.07, 6.45) is 0.